The fourth-order valence-electron chi connectivity index (χ4n) is 7.39. The van der Waals surface area contributed by atoms with Crippen LogP contribution in [0.1, 0.15) is 98.6 Å². The van der Waals surface area contributed by atoms with Crippen LogP contribution in [-0.4, -0.2) is 20.9 Å². The zero-order valence-corrected chi connectivity index (χ0v) is 31.7. The molecule has 6 heteroatoms. The number of aliphatic hydroxyl groups excluding tert-OH is 1. The number of aromatic nitrogens is 2. The Kier molecular flexibility index (Phi) is 11.3. The summed E-state index contributed by atoms with van der Waals surface area (Å²) in [6.45, 7) is 17.6. The Morgan fingerprint density at radius 2 is 1.57 bits per heavy atom. The monoisotopic (exact) mass is 812 g/mol. The summed E-state index contributed by atoms with van der Waals surface area (Å²) < 4.78 is 2.54. The molecule has 4 nitrogen and oxygen atoms in total. The average molecular weight is 812 g/mol. The molecule has 0 fully saturated rings. The maximum atomic E-state index is 11.7. The minimum atomic E-state index is 0. The van der Waals surface area contributed by atoms with E-state index in [1.807, 2.05) is 39.0 Å². The summed E-state index contributed by atoms with van der Waals surface area (Å²) in [5.74, 6) is 0.547. The Bertz CT molecular complexity index is 1880. The third-order valence-corrected chi connectivity index (χ3v) is 10.9. The van der Waals surface area contributed by atoms with Crippen LogP contribution in [0.3, 0.4) is 0 Å². The maximum absolute atomic E-state index is 11.7. The van der Waals surface area contributed by atoms with E-state index in [-0.39, 0.29) is 54.3 Å². The van der Waals surface area contributed by atoms with Crippen molar-refractivity contribution in [1.29, 1.82) is 0 Å². The number of fused-ring (bicyclic) bond motifs is 6. The quantitative estimate of drug-likeness (QED) is 0.0963. The van der Waals surface area contributed by atoms with Gasteiger partial charge in [-0.3, -0.25) is 9.78 Å². The minimum absolute atomic E-state index is 0. The first-order valence-corrected chi connectivity index (χ1v) is 17.3. The first kappa shape index (κ1) is 35.9. The third-order valence-electron chi connectivity index (χ3n) is 9.71. The second-order valence-corrected chi connectivity index (χ2v) is 14.8. The van der Waals surface area contributed by atoms with Gasteiger partial charge < -0.3 is 5.11 Å². The summed E-state index contributed by atoms with van der Waals surface area (Å²) in [5.41, 5.74) is 6.41. The van der Waals surface area contributed by atoms with Gasteiger partial charge in [0.1, 0.15) is 6.33 Å². The fourth-order valence-corrected chi connectivity index (χ4v) is 8.88. The van der Waals surface area contributed by atoms with Crippen LogP contribution in [-0.2, 0) is 35.7 Å². The van der Waals surface area contributed by atoms with Crippen LogP contribution in [0.25, 0.3) is 42.3 Å². The van der Waals surface area contributed by atoms with Crippen molar-refractivity contribution in [3.8, 4) is 11.3 Å². The molecule has 1 aliphatic rings. The number of carbonyl (C=O) groups excluding carboxylic acids is 1. The van der Waals surface area contributed by atoms with Gasteiger partial charge >= 0.3 is 0 Å². The van der Waals surface area contributed by atoms with Crippen LogP contribution in [0.5, 0.6) is 0 Å². The summed E-state index contributed by atoms with van der Waals surface area (Å²) in [7, 11) is 0. The summed E-state index contributed by atoms with van der Waals surface area (Å²) in [6, 6.07) is 20.8. The summed E-state index contributed by atoms with van der Waals surface area (Å²) in [4.78, 5) is 21.1. The van der Waals surface area contributed by atoms with Crippen LogP contribution in [0.4, 0.5) is 0 Å². The Hall–Kier alpha value is -2.92. The largest absolute Gasteiger partial charge is 0.512 e. The summed E-state index contributed by atoms with van der Waals surface area (Å²) in [6.07, 6.45) is 7.78. The molecule has 0 atom stereocenters. The smallest absolute Gasteiger partial charge is 0.162 e. The SMILES string of the molecule is CC1(C)CC(C)(C)c2c1ccc1c2sc2c(-c3[c-]c4ccccc4cc3)ncnc21.CCC(CC)C(=O)/C=C(\O)C(CC)CC.[Ir]. The van der Waals surface area contributed by atoms with Crippen LogP contribution in [0.2, 0.25) is 0 Å². The van der Waals surface area contributed by atoms with Crippen molar-refractivity contribution in [1.82, 2.24) is 9.97 Å². The number of allylic oxidation sites excluding steroid dienone is 2. The van der Waals surface area contributed by atoms with Crippen LogP contribution in [0.15, 0.2) is 66.7 Å². The van der Waals surface area contributed by atoms with E-state index in [1.54, 1.807) is 6.33 Å². The number of benzene rings is 3. The van der Waals surface area contributed by atoms with Gasteiger partial charge in [-0.2, -0.15) is 0 Å². The molecule has 1 radical (unpaired) electrons. The van der Waals surface area contributed by atoms with Gasteiger partial charge in [-0.05, 0) is 54.1 Å². The molecule has 1 N–H and O–H groups in total. The Morgan fingerprint density at radius 1 is 0.891 bits per heavy atom. The second kappa shape index (κ2) is 14.5. The zero-order chi connectivity index (χ0) is 32.5. The van der Waals surface area contributed by atoms with Crippen molar-refractivity contribution in [3.63, 3.8) is 0 Å². The molecule has 2 aromatic heterocycles. The van der Waals surface area contributed by atoms with Crippen LogP contribution in [0, 0.1) is 17.9 Å². The second-order valence-electron chi connectivity index (χ2n) is 13.8. The maximum Gasteiger partial charge on any atom is 0.162 e. The van der Waals surface area contributed by atoms with Crippen molar-refractivity contribution in [3.05, 3.63) is 83.9 Å². The molecule has 6 rings (SSSR count). The molecule has 0 aliphatic heterocycles. The number of carbonyl (C=O) groups is 1. The van der Waals surface area contributed by atoms with Crippen LogP contribution >= 0.6 is 11.3 Å². The Morgan fingerprint density at radius 3 is 2.24 bits per heavy atom. The van der Waals surface area contributed by atoms with E-state index >= 15 is 0 Å². The van der Waals surface area contributed by atoms with E-state index in [1.165, 1.54) is 39.1 Å². The van der Waals surface area contributed by atoms with Gasteiger partial charge in [0.2, 0.25) is 0 Å². The van der Waals surface area contributed by atoms with E-state index in [4.69, 9.17) is 9.97 Å². The molecule has 0 bridgehead atoms. The number of nitrogens with zero attached hydrogens (tertiary/aromatic N) is 2. The third kappa shape index (κ3) is 6.86. The topological polar surface area (TPSA) is 63.1 Å². The molecular formula is C40H47IrN2O2S-. The van der Waals surface area contributed by atoms with Crippen LogP contribution < -0.4 is 0 Å². The molecule has 1 aliphatic carbocycles. The molecule has 2 heterocycles. The van der Waals surface area contributed by atoms with E-state index < -0.39 is 0 Å². The fraction of sp³-hybridized carbons (Fsp3) is 0.425. The van der Waals surface area contributed by atoms with Gasteiger partial charge in [0.25, 0.3) is 0 Å². The number of aliphatic hydroxyl groups is 1. The molecule has 0 spiro atoms. The van der Waals surface area contributed by atoms with Gasteiger partial charge in [0.15, 0.2) is 5.78 Å². The Labute approximate surface area is 292 Å². The molecule has 46 heavy (non-hydrogen) atoms. The van der Waals surface area contributed by atoms with Crippen molar-refractivity contribution in [2.45, 2.75) is 98.3 Å². The number of rotatable bonds is 8. The van der Waals surface area contributed by atoms with Gasteiger partial charge in [-0.25, -0.2) is 4.98 Å². The van der Waals surface area contributed by atoms with Gasteiger partial charge in [-0.1, -0.05) is 96.7 Å². The number of hydrogen-bond acceptors (Lipinski definition) is 5. The number of ketones is 1. The van der Waals surface area contributed by atoms with Gasteiger partial charge in [0, 0.05) is 58.5 Å². The predicted octanol–water partition coefficient (Wildman–Crippen LogP) is 11.3. The molecule has 3 aromatic carbocycles. The standard InChI is InChI=1S/C27H23N2S.C13H24O2.Ir/c1-26(2)14-27(3,4)21-20(26)12-11-19-23-25(30-24(19)21)22(28-15-29-23)18-10-9-16-7-5-6-8-17(16)13-18;1-5-10(6-2)12(14)9-13(15)11(7-3)8-4;/h5-12,15H,14H2,1-4H3;9-11,14H,5-8H2,1-4H3;/q-1;;/b;12-9-;. The predicted molar refractivity (Wildman–Crippen MR) is 191 cm³/mol. The minimum Gasteiger partial charge on any atom is -0.512 e. The normalized spacial score (nSPS) is 15.2. The average Bonchev–Trinajstić information content (AvgIpc) is 3.49. The Balaban J connectivity index is 0.000000259. The molecule has 245 valence electrons. The zero-order valence-electron chi connectivity index (χ0n) is 28.5. The molecule has 5 aromatic rings. The van der Waals surface area contributed by atoms with Gasteiger partial charge in [-0.15, -0.1) is 41.0 Å². The van der Waals surface area contributed by atoms with Crippen molar-refractivity contribution >= 4 is 48.2 Å². The molecule has 0 amide bonds. The van der Waals surface area contributed by atoms with E-state index in [2.05, 4.69) is 82.3 Å². The van der Waals surface area contributed by atoms with Crippen molar-refractivity contribution in [2.75, 3.05) is 0 Å². The van der Waals surface area contributed by atoms with E-state index in [0.29, 0.717) is 0 Å². The molecule has 0 unspecified atom stereocenters. The summed E-state index contributed by atoms with van der Waals surface area (Å²) >= 11 is 1.85. The molecule has 0 saturated carbocycles. The number of hydrogen-bond donors (Lipinski definition) is 1. The van der Waals surface area contributed by atoms with Crippen molar-refractivity contribution < 1.29 is 30.0 Å². The molecular weight excluding hydrogens is 765 g/mol. The first-order chi connectivity index (χ1) is 21.4. The summed E-state index contributed by atoms with van der Waals surface area (Å²) in [5, 5.41) is 13.3. The van der Waals surface area contributed by atoms with Gasteiger partial charge in [0.05, 0.1) is 11.3 Å². The number of thiophene rings is 1. The first-order valence-electron chi connectivity index (χ1n) is 16.5. The van der Waals surface area contributed by atoms with Crippen molar-refractivity contribution in [2.24, 2.45) is 11.8 Å². The van der Waals surface area contributed by atoms with E-state index in [0.717, 1.165) is 52.5 Å². The van der Waals surface area contributed by atoms with E-state index in [9.17, 15) is 9.90 Å². The molecule has 0 saturated heterocycles.